The molecule has 4 amide bonds. The predicted molar refractivity (Wildman–Crippen MR) is 113 cm³/mol. The van der Waals surface area contributed by atoms with Gasteiger partial charge in [-0.3, -0.25) is 19.2 Å². The summed E-state index contributed by atoms with van der Waals surface area (Å²) in [4.78, 5) is 59.3. The molecule has 5 atom stereocenters. The van der Waals surface area contributed by atoms with Crippen LogP contribution in [-0.2, 0) is 30.4 Å². The van der Waals surface area contributed by atoms with Gasteiger partial charge in [0, 0.05) is 6.42 Å². The largest absolute Gasteiger partial charge is 0.480 e. The summed E-state index contributed by atoms with van der Waals surface area (Å²) < 4.78 is 0. The molecule has 0 fully saturated rings. The lowest BCUT2D eigenvalue weighted by molar-refractivity contribution is -0.142. The van der Waals surface area contributed by atoms with E-state index in [1.165, 1.54) is 13.8 Å². The van der Waals surface area contributed by atoms with Gasteiger partial charge in [-0.05, 0) is 19.4 Å². The number of carboxylic acid groups (broad SMARTS) is 1. The zero-order chi connectivity index (χ0) is 24.4. The zero-order valence-corrected chi connectivity index (χ0v) is 17.8. The zero-order valence-electron chi connectivity index (χ0n) is 17.8. The molecule has 0 aliphatic heterocycles. The predicted octanol–water partition coefficient (Wildman–Crippen LogP) is -2.63. The molecule has 5 unspecified atom stereocenters. The minimum absolute atomic E-state index is 0.0344. The van der Waals surface area contributed by atoms with Crippen molar-refractivity contribution in [2.75, 3.05) is 0 Å². The number of amides is 4. The third kappa shape index (κ3) is 8.70. The van der Waals surface area contributed by atoms with Crippen molar-refractivity contribution >= 4 is 29.6 Å². The highest BCUT2D eigenvalue weighted by Crippen LogP contribution is 2.04. The first-order valence-corrected chi connectivity index (χ1v) is 9.82. The molecule has 0 aromatic heterocycles. The summed E-state index contributed by atoms with van der Waals surface area (Å²) in [6.07, 6.45) is -1.79. The number of aliphatic hydroxyl groups is 1. The van der Waals surface area contributed by atoms with Crippen molar-refractivity contribution in [3.63, 3.8) is 0 Å². The molecule has 0 heterocycles. The number of carbonyl (C=O) groups excluding carboxylic acids is 4. The van der Waals surface area contributed by atoms with Crippen LogP contribution in [0.4, 0.5) is 0 Å². The van der Waals surface area contributed by atoms with Crippen LogP contribution in [0.2, 0.25) is 0 Å². The maximum absolute atomic E-state index is 12.5. The van der Waals surface area contributed by atoms with Crippen LogP contribution in [0.5, 0.6) is 0 Å². The average Bonchev–Trinajstić information content (AvgIpc) is 2.70. The fourth-order valence-electron chi connectivity index (χ4n) is 2.69. The van der Waals surface area contributed by atoms with Gasteiger partial charge in [-0.15, -0.1) is 0 Å². The van der Waals surface area contributed by atoms with E-state index in [0.717, 1.165) is 0 Å². The van der Waals surface area contributed by atoms with E-state index in [9.17, 15) is 34.2 Å². The van der Waals surface area contributed by atoms with Crippen molar-refractivity contribution < 1.29 is 34.2 Å². The molecule has 0 saturated heterocycles. The lowest BCUT2D eigenvalue weighted by atomic mass is 10.1. The molecular formula is C20H29N5O7. The monoisotopic (exact) mass is 451 g/mol. The topological polar surface area (TPSA) is 214 Å². The normalized spacial score (nSPS) is 15.4. The molecule has 12 nitrogen and oxygen atoms in total. The lowest BCUT2D eigenvalue weighted by Gasteiger charge is -2.25. The number of aliphatic hydroxyl groups excluding tert-OH is 1. The number of carbonyl (C=O) groups is 5. The number of benzene rings is 1. The summed E-state index contributed by atoms with van der Waals surface area (Å²) in [7, 11) is 0. The Morgan fingerprint density at radius 3 is 2.03 bits per heavy atom. The maximum atomic E-state index is 12.5. The first kappa shape index (κ1) is 26.5. The number of rotatable bonds is 12. The Morgan fingerprint density at radius 2 is 1.53 bits per heavy atom. The van der Waals surface area contributed by atoms with E-state index in [1.807, 2.05) is 0 Å². The van der Waals surface area contributed by atoms with Crippen LogP contribution in [-0.4, -0.2) is 70.1 Å². The Bertz CT molecular complexity index is 831. The number of nitrogens with one attached hydrogen (secondary N) is 3. The van der Waals surface area contributed by atoms with Gasteiger partial charge in [0.05, 0.1) is 18.6 Å². The van der Waals surface area contributed by atoms with E-state index in [1.54, 1.807) is 30.3 Å². The van der Waals surface area contributed by atoms with Gasteiger partial charge in [-0.25, -0.2) is 4.79 Å². The van der Waals surface area contributed by atoms with Crippen molar-refractivity contribution in [3.05, 3.63) is 35.9 Å². The van der Waals surface area contributed by atoms with Crippen molar-refractivity contribution in [2.24, 2.45) is 11.5 Å². The van der Waals surface area contributed by atoms with E-state index < -0.39 is 66.3 Å². The van der Waals surface area contributed by atoms with Gasteiger partial charge in [-0.2, -0.15) is 0 Å². The summed E-state index contributed by atoms with van der Waals surface area (Å²) in [5.74, 6) is -4.64. The molecule has 9 N–H and O–H groups in total. The fourth-order valence-corrected chi connectivity index (χ4v) is 2.69. The molecule has 0 aliphatic rings. The van der Waals surface area contributed by atoms with Crippen molar-refractivity contribution in [1.29, 1.82) is 0 Å². The second kappa shape index (κ2) is 12.4. The van der Waals surface area contributed by atoms with Crippen LogP contribution in [0.25, 0.3) is 0 Å². The van der Waals surface area contributed by atoms with Crippen LogP contribution in [0, 0.1) is 0 Å². The first-order chi connectivity index (χ1) is 14.9. The van der Waals surface area contributed by atoms with Gasteiger partial charge in [0.25, 0.3) is 0 Å². The molecule has 0 radical (unpaired) electrons. The highest BCUT2D eigenvalue weighted by atomic mass is 16.4. The molecule has 1 rings (SSSR count). The standard InChI is InChI=1S/C20H29N5O7/c1-10(17(28)24-14(20(31)32)8-12-6-4-3-5-7-12)23-19(30)16(11(2)26)25-18(29)13(21)9-15(22)27/h3-7,10-11,13-14,16,26H,8-9,21H2,1-2H3,(H2,22,27)(H,23,30)(H,24,28)(H,25,29)(H,31,32). The molecule has 1 aromatic carbocycles. The Morgan fingerprint density at radius 1 is 0.938 bits per heavy atom. The molecule has 0 aliphatic carbocycles. The smallest absolute Gasteiger partial charge is 0.326 e. The Hall–Kier alpha value is -3.51. The minimum Gasteiger partial charge on any atom is -0.480 e. The second-order valence-corrected chi connectivity index (χ2v) is 7.32. The minimum atomic E-state index is -1.48. The Kier molecular flexibility index (Phi) is 10.3. The summed E-state index contributed by atoms with van der Waals surface area (Å²) >= 11 is 0. The van der Waals surface area contributed by atoms with Gasteiger partial charge in [0.2, 0.25) is 23.6 Å². The van der Waals surface area contributed by atoms with Crippen LogP contribution >= 0.6 is 0 Å². The second-order valence-electron chi connectivity index (χ2n) is 7.32. The average molecular weight is 451 g/mol. The maximum Gasteiger partial charge on any atom is 0.326 e. The molecule has 1 aromatic rings. The summed E-state index contributed by atoms with van der Waals surface area (Å²) in [6, 6.07) is 3.46. The van der Waals surface area contributed by atoms with Crippen molar-refractivity contribution in [3.8, 4) is 0 Å². The van der Waals surface area contributed by atoms with Crippen LogP contribution in [0.15, 0.2) is 30.3 Å². The summed E-state index contributed by atoms with van der Waals surface area (Å²) in [5.41, 5.74) is 11.2. The molecule has 0 bridgehead atoms. The quantitative estimate of drug-likeness (QED) is 0.178. The van der Waals surface area contributed by atoms with E-state index in [4.69, 9.17) is 11.5 Å². The van der Waals surface area contributed by atoms with Crippen LogP contribution in [0.3, 0.4) is 0 Å². The molecule has 12 heteroatoms. The van der Waals surface area contributed by atoms with Gasteiger partial charge < -0.3 is 37.6 Å². The van der Waals surface area contributed by atoms with E-state index in [2.05, 4.69) is 16.0 Å². The molecule has 176 valence electrons. The SMILES string of the molecule is CC(NC(=O)C(NC(=O)C(N)CC(N)=O)C(C)O)C(=O)NC(Cc1ccccc1)C(=O)O. The number of nitrogens with two attached hydrogens (primary N) is 2. The Labute approximate surface area is 184 Å². The third-order valence-electron chi connectivity index (χ3n) is 4.47. The molecule has 0 spiro atoms. The first-order valence-electron chi connectivity index (χ1n) is 9.82. The van der Waals surface area contributed by atoms with Gasteiger partial charge in [0.1, 0.15) is 18.1 Å². The number of aliphatic carboxylic acids is 1. The van der Waals surface area contributed by atoms with E-state index in [0.29, 0.717) is 5.56 Å². The number of hydrogen-bond acceptors (Lipinski definition) is 7. The summed E-state index contributed by atoms with van der Waals surface area (Å²) in [6.45, 7) is 2.55. The fraction of sp³-hybridized carbons (Fsp3) is 0.450. The highest BCUT2D eigenvalue weighted by molar-refractivity contribution is 5.95. The number of carboxylic acids is 1. The lowest BCUT2D eigenvalue weighted by Crippen LogP contribution is -2.59. The molecular weight excluding hydrogens is 422 g/mol. The van der Waals surface area contributed by atoms with E-state index >= 15 is 0 Å². The number of primary amides is 1. The van der Waals surface area contributed by atoms with Gasteiger partial charge in [0.15, 0.2) is 0 Å². The van der Waals surface area contributed by atoms with E-state index in [-0.39, 0.29) is 6.42 Å². The third-order valence-corrected chi connectivity index (χ3v) is 4.47. The molecule has 0 saturated carbocycles. The van der Waals surface area contributed by atoms with Crippen LogP contribution in [0.1, 0.15) is 25.8 Å². The summed E-state index contributed by atoms with van der Waals surface area (Å²) in [5, 5.41) is 26.1. The highest BCUT2D eigenvalue weighted by Gasteiger charge is 2.31. The molecule has 32 heavy (non-hydrogen) atoms. The van der Waals surface area contributed by atoms with Gasteiger partial charge in [-0.1, -0.05) is 30.3 Å². The number of hydrogen-bond donors (Lipinski definition) is 7. The van der Waals surface area contributed by atoms with Gasteiger partial charge >= 0.3 is 5.97 Å². The van der Waals surface area contributed by atoms with Crippen molar-refractivity contribution in [2.45, 2.75) is 57.0 Å². The Balaban J connectivity index is 2.75. The van der Waals surface area contributed by atoms with Crippen molar-refractivity contribution in [1.82, 2.24) is 16.0 Å². The van der Waals surface area contributed by atoms with Crippen LogP contribution < -0.4 is 27.4 Å².